The van der Waals surface area contributed by atoms with Gasteiger partial charge in [-0.05, 0) is 46.5 Å². The van der Waals surface area contributed by atoms with Gasteiger partial charge in [-0.25, -0.2) is 15.0 Å². The van der Waals surface area contributed by atoms with E-state index in [4.69, 9.17) is 4.74 Å². The largest absolute Gasteiger partial charge is 0.476 e. The topological polar surface area (TPSA) is 51.1 Å². The van der Waals surface area contributed by atoms with Gasteiger partial charge in [-0.15, -0.1) is 0 Å². The van der Waals surface area contributed by atoms with Gasteiger partial charge in [0.15, 0.2) is 0 Å². The van der Waals surface area contributed by atoms with Crippen LogP contribution < -0.4 is 4.74 Å². The smallest absolute Gasteiger partial charge is 0.216 e. The monoisotopic (exact) mass is 314 g/mol. The molecule has 0 unspecified atom stereocenters. The maximum absolute atomic E-state index is 5.94. The Bertz CT molecular complexity index is 643. The molecule has 0 fully saturated rings. The van der Waals surface area contributed by atoms with Crippen molar-refractivity contribution in [1.82, 2.24) is 19.9 Å². The lowest BCUT2D eigenvalue weighted by atomic mass is 10.1. The van der Waals surface area contributed by atoms with Crippen molar-refractivity contribution in [3.63, 3.8) is 0 Å². The highest BCUT2D eigenvalue weighted by molar-refractivity contribution is 5.59. The first-order chi connectivity index (χ1) is 11.0. The normalized spacial score (nSPS) is 12.4. The van der Waals surface area contributed by atoms with Crippen LogP contribution in [0.5, 0.6) is 5.88 Å². The van der Waals surface area contributed by atoms with Gasteiger partial charge >= 0.3 is 0 Å². The van der Waals surface area contributed by atoms with Crippen LogP contribution in [-0.2, 0) is 0 Å². The van der Waals surface area contributed by atoms with E-state index < -0.39 is 0 Å². The molecule has 1 atom stereocenters. The van der Waals surface area contributed by atoms with E-state index in [2.05, 4.69) is 46.9 Å². The van der Waals surface area contributed by atoms with E-state index in [1.165, 1.54) is 0 Å². The highest BCUT2D eigenvalue weighted by Gasteiger charge is 2.13. The average molecular weight is 314 g/mol. The van der Waals surface area contributed by atoms with E-state index in [0.29, 0.717) is 18.5 Å². The first-order valence-corrected chi connectivity index (χ1v) is 8.07. The van der Waals surface area contributed by atoms with Gasteiger partial charge in [0.05, 0.1) is 5.69 Å². The second-order valence-corrected chi connectivity index (χ2v) is 6.05. The summed E-state index contributed by atoms with van der Waals surface area (Å²) in [5.41, 5.74) is 2.89. The van der Waals surface area contributed by atoms with Crippen LogP contribution in [0.25, 0.3) is 11.3 Å². The lowest BCUT2D eigenvalue weighted by molar-refractivity contribution is 0.171. The predicted molar refractivity (Wildman–Crippen MR) is 92.6 cm³/mol. The molecule has 2 rings (SSSR count). The number of aromatic nitrogens is 3. The summed E-state index contributed by atoms with van der Waals surface area (Å²) >= 11 is 0. The number of pyridine rings is 1. The number of ether oxygens (including phenoxy) is 1. The summed E-state index contributed by atoms with van der Waals surface area (Å²) in [5.74, 6) is 1.45. The van der Waals surface area contributed by atoms with E-state index in [-0.39, 0.29) is 0 Å². The standard InChI is InChI=1S/C18H26N4O/c1-6-7-16(22(4)5)12-23-18-13(2)10-15(11-20-18)17-8-9-19-14(3)21-17/h8-11,16H,6-7,12H2,1-5H3/t16-/m1/s1. The van der Waals surface area contributed by atoms with Crippen LogP contribution in [-0.4, -0.2) is 46.6 Å². The van der Waals surface area contributed by atoms with Crippen LogP contribution in [0.3, 0.4) is 0 Å². The van der Waals surface area contributed by atoms with Crippen LogP contribution in [0.2, 0.25) is 0 Å². The van der Waals surface area contributed by atoms with Crippen molar-refractivity contribution < 1.29 is 4.74 Å². The fraction of sp³-hybridized carbons (Fsp3) is 0.500. The van der Waals surface area contributed by atoms with Crippen molar-refractivity contribution in [3.05, 3.63) is 35.9 Å². The van der Waals surface area contributed by atoms with Gasteiger partial charge in [0.25, 0.3) is 0 Å². The SMILES string of the molecule is CCC[C@H](COc1ncc(-c2ccnc(C)n2)cc1C)N(C)C. The molecule has 0 radical (unpaired) electrons. The number of rotatable bonds is 7. The molecule has 0 amide bonds. The van der Waals surface area contributed by atoms with Gasteiger partial charge < -0.3 is 9.64 Å². The van der Waals surface area contributed by atoms with Gasteiger partial charge in [0, 0.05) is 29.6 Å². The minimum Gasteiger partial charge on any atom is -0.476 e. The van der Waals surface area contributed by atoms with Gasteiger partial charge in [0.1, 0.15) is 12.4 Å². The van der Waals surface area contributed by atoms with Crippen molar-refractivity contribution in [2.75, 3.05) is 20.7 Å². The number of hydrogen-bond donors (Lipinski definition) is 0. The predicted octanol–water partition coefficient (Wildman–Crippen LogP) is 3.26. The minimum atomic E-state index is 0.408. The number of likely N-dealkylation sites (N-methyl/N-ethyl adjacent to an activating group) is 1. The molecule has 0 saturated carbocycles. The lowest BCUT2D eigenvalue weighted by Crippen LogP contribution is -2.33. The fourth-order valence-electron chi connectivity index (χ4n) is 2.47. The molecule has 5 heteroatoms. The molecule has 2 aromatic heterocycles. The van der Waals surface area contributed by atoms with E-state index in [0.717, 1.165) is 35.5 Å². The quantitative estimate of drug-likeness (QED) is 0.785. The molecule has 0 aliphatic carbocycles. The van der Waals surface area contributed by atoms with Crippen molar-refractivity contribution in [1.29, 1.82) is 0 Å². The molecule has 0 aliphatic heterocycles. The molecule has 0 spiro atoms. The third kappa shape index (κ3) is 4.73. The molecule has 0 aromatic carbocycles. The highest BCUT2D eigenvalue weighted by Crippen LogP contribution is 2.22. The van der Waals surface area contributed by atoms with Crippen molar-refractivity contribution in [2.45, 2.75) is 39.7 Å². The Kier molecular flexibility index (Phi) is 6.04. The molecule has 0 bridgehead atoms. The summed E-state index contributed by atoms with van der Waals surface area (Å²) in [6, 6.07) is 4.37. The lowest BCUT2D eigenvalue weighted by Gasteiger charge is -2.24. The Morgan fingerprint density at radius 3 is 2.61 bits per heavy atom. The Morgan fingerprint density at radius 1 is 1.22 bits per heavy atom. The molecule has 124 valence electrons. The maximum atomic E-state index is 5.94. The van der Waals surface area contributed by atoms with Crippen molar-refractivity contribution >= 4 is 0 Å². The van der Waals surface area contributed by atoms with Gasteiger partial charge in [0.2, 0.25) is 5.88 Å². The zero-order valence-electron chi connectivity index (χ0n) is 14.7. The van der Waals surface area contributed by atoms with Crippen LogP contribution in [0, 0.1) is 13.8 Å². The van der Waals surface area contributed by atoms with Crippen molar-refractivity contribution in [2.24, 2.45) is 0 Å². The number of aryl methyl sites for hydroxylation is 2. The first-order valence-electron chi connectivity index (χ1n) is 8.07. The summed E-state index contributed by atoms with van der Waals surface area (Å²) in [5, 5.41) is 0. The van der Waals surface area contributed by atoms with Crippen molar-refractivity contribution in [3.8, 4) is 17.1 Å². The van der Waals surface area contributed by atoms with Gasteiger partial charge in [-0.1, -0.05) is 13.3 Å². The summed E-state index contributed by atoms with van der Waals surface area (Å²) < 4.78 is 5.94. The zero-order chi connectivity index (χ0) is 16.8. The second-order valence-electron chi connectivity index (χ2n) is 6.05. The molecule has 5 nitrogen and oxygen atoms in total. The number of hydrogen-bond acceptors (Lipinski definition) is 5. The average Bonchev–Trinajstić information content (AvgIpc) is 2.52. The Balaban J connectivity index is 2.10. The van der Waals surface area contributed by atoms with Crippen LogP contribution >= 0.6 is 0 Å². The fourth-order valence-corrected chi connectivity index (χ4v) is 2.47. The second kappa shape index (κ2) is 8.02. The Hall–Kier alpha value is -2.01. The van der Waals surface area contributed by atoms with Crippen LogP contribution in [0.15, 0.2) is 24.5 Å². The third-order valence-corrected chi connectivity index (χ3v) is 3.87. The first kappa shape index (κ1) is 17.3. The van der Waals surface area contributed by atoms with Crippen LogP contribution in [0.4, 0.5) is 0 Å². The van der Waals surface area contributed by atoms with Gasteiger partial charge in [-0.3, -0.25) is 0 Å². The molecule has 0 aliphatic rings. The summed E-state index contributed by atoms with van der Waals surface area (Å²) in [6.07, 6.45) is 5.84. The van der Waals surface area contributed by atoms with E-state index >= 15 is 0 Å². The van der Waals surface area contributed by atoms with E-state index in [1.54, 1.807) is 6.20 Å². The Labute approximate surface area is 138 Å². The molecule has 0 saturated heterocycles. The van der Waals surface area contributed by atoms with Crippen LogP contribution in [0.1, 0.15) is 31.2 Å². The summed E-state index contributed by atoms with van der Waals surface area (Å²) in [7, 11) is 4.18. The summed E-state index contributed by atoms with van der Waals surface area (Å²) in [6.45, 7) is 6.75. The summed E-state index contributed by atoms with van der Waals surface area (Å²) in [4.78, 5) is 15.2. The minimum absolute atomic E-state index is 0.408. The molecule has 2 aromatic rings. The molecular formula is C18H26N4O. The molecule has 23 heavy (non-hydrogen) atoms. The zero-order valence-corrected chi connectivity index (χ0v) is 14.7. The van der Waals surface area contributed by atoms with E-state index in [9.17, 15) is 0 Å². The van der Waals surface area contributed by atoms with E-state index in [1.807, 2.05) is 26.1 Å². The Morgan fingerprint density at radius 2 is 2.00 bits per heavy atom. The highest BCUT2D eigenvalue weighted by atomic mass is 16.5. The van der Waals surface area contributed by atoms with Gasteiger partial charge in [-0.2, -0.15) is 0 Å². The molecular weight excluding hydrogens is 288 g/mol. The molecule has 0 N–H and O–H groups in total. The molecule has 2 heterocycles. The maximum Gasteiger partial charge on any atom is 0.216 e. The third-order valence-electron chi connectivity index (χ3n) is 3.87. The number of nitrogens with zero attached hydrogens (tertiary/aromatic N) is 4.